The normalized spacial score (nSPS) is 12.2. The van der Waals surface area contributed by atoms with Crippen molar-refractivity contribution in [3.63, 3.8) is 0 Å². The number of benzene rings is 2. The van der Waals surface area contributed by atoms with Gasteiger partial charge in [0.1, 0.15) is 17.3 Å². The first-order valence-corrected chi connectivity index (χ1v) is 12.1. The molecule has 0 radical (unpaired) electrons. The molecule has 1 aliphatic rings. The third-order valence-corrected chi connectivity index (χ3v) is 5.56. The number of amidine groups is 1. The van der Waals surface area contributed by atoms with Crippen LogP contribution in [0.15, 0.2) is 47.5 Å². The van der Waals surface area contributed by atoms with E-state index in [4.69, 9.17) is 24.7 Å². The van der Waals surface area contributed by atoms with Crippen LogP contribution >= 0.6 is 0 Å². The summed E-state index contributed by atoms with van der Waals surface area (Å²) in [6, 6.07) is 12.0. The number of nitro groups is 1. The van der Waals surface area contributed by atoms with E-state index >= 15 is 0 Å². The van der Waals surface area contributed by atoms with E-state index in [0.29, 0.717) is 6.54 Å². The summed E-state index contributed by atoms with van der Waals surface area (Å²) in [6.45, 7) is 2.32. The predicted octanol–water partition coefficient (Wildman–Crippen LogP) is 2.57. The van der Waals surface area contributed by atoms with Crippen LogP contribution in [0.3, 0.4) is 0 Å². The van der Waals surface area contributed by atoms with Gasteiger partial charge in [-0.15, -0.1) is 0 Å². The minimum atomic E-state index is -0.923. The molecule has 210 valence electrons. The molecule has 1 aliphatic heterocycles. The van der Waals surface area contributed by atoms with Crippen LogP contribution in [0.25, 0.3) is 0 Å². The summed E-state index contributed by atoms with van der Waals surface area (Å²) in [4.78, 5) is 49.6. The lowest BCUT2D eigenvalue weighted by Gasteiger charge is -2.15. The van der Waals surface area contributed by atoms with Crippen molar-refractivity contribution < 1.29 is 33.5 Å². The van der Waals surface area contributed by atoms with Crippen LogP contribution in [0.1, 0.15) is 28.4 Å². The monoisotopic (exact) mass is 561 g/mol. The molecule has 0 spiro atoms. The van der Waals surface area contributed by atoms with Gasteiger partial charge in [-0.3, -0.25) is 19.9 Å². The molecule has 0 fully saturated rings. The van der Waals surface area contributed by atoms with Gasteiger partial charge in [-0.25, -0.2) is 4.79 Å². The maximum Gasteiger partial charge on any atom is 0.392 e. The molecule has 0 unspecified atom stereocenters. The quantitative estimate of drug-likeness (QED) is 0.204. The van der Waals surface area contributed by atoms with Gasteiger partial charge in [0.25, 0.3) is 5.91 Å². The Labute approximate surface area is 232 Å². The minimum absolute atomic E-state index is 0.0543. The second-order valence-electron chi connectivity index (χ2n) is 8.36. The number of carbonyl (C=O) groups excluding carboxylic acids is 2. The third kappa shape index (κ3) is 6.63. The zero-order chi connectivity index (χ0) is 29.5. The fraction of sp³-hybridized carbons (Fsp3) is 0.231. The Bertz CT molecular complexity index is 1580. The summed E-state index contributed by atoms with van der Waals surface area (Å²) in [5.41, 5.74) is 5.19. The van der Waals surface area contributed by atoms with Gasteiger partial charge in [0.2, 0.25) is 0 Å². The fourth-order valence-corrected chi connectivity index (χ4v) is 3.73. The molecular formula is C26H23N7O8. The van der Waals surface area contributed by atoms with E-state index in [1.54, 1.807) is 25.1 Å². The first-order valence-electron chi connectivity index (χ1n) is 12.1. The fourth-order valence-electron chi connectivity index (χ4n) is 3.73. The molecule has 3 aromatic rings. The van der Waals surface area contributed by atoms with Gasteiger partial charge in [0.15, 0.2) is 6.61 Å². The molecule has 1 aromatic heterocycles. The van der Waals surface area contributed by atoms with Crippen LogP contribution in [-0.4, -0.2) is 70.9 Å². The van der Waals surface area contributed by atoms with E-state index in [-0.39, 0.29) is 29.2 Å². The molecular weight excluding hydrogens is 538 g/mol. The van der Waals surface area contributed by atoms with Crippen LogP contribution in [0.4, 0.5) is 5.69 Å². The molecule has 0 aliphatic carbocycles. The van der Waals surface area contributed by atoms with Crippen molar-refractivity contribution in [3.8, 4) is 35.3 Å². The summed E-state index contributed by atoms with van der Waals surface area (Å²) >= 11 is 0. The van der Waals surface area contributed by atoms with Crippen LogP contribution in [-0.2, 0) is 9.53 Å². The number of ether oxygens (including phenoxy) is 4. The van der Waals surface area contributed by atoms with Crippen LogP contribution < -0.4 is 19.9 Å². The summed E-state index contributed by atoms with van der Waals surface area (Å²) in [6.07, 6.45) is 0. The minimum Gasteiger partial charge on any atom is -0.463 e. The number of aliphatic imine (C=N–C) groups is 1. The molecule has 2 heterocycles. The number of esters is 1. The summed E-state index contributed by atoms with van der Waals surface area (Å²) < 4.78 is 21.6. The zero-order valence-corrected chi connectivity index (χ0v) is 21.9. The Kier molecular flexibility index (Phi) is 8.53. The highest BCUT2D eigenvalue weighted by atomic mass is 16.6. The van der Waals surface area contributed by atoms with Crippen LogP contribution in [0.2, 0.25) is 0 Å². The number of hydrogen-bond donors (Lipinski definition) is 1. The van der Waals surface area contributed by atoms with Crippen molar-refractivity contribution in [1.29, 1.82) is 5.26 Å². The summed E-state index contributed by atoms with van der Waals surface area (Å²) in [7, 11) is 1.90. The van der Waals surface area contributed by atoms with Gasteiger partial charge in [-0.05, 0) is 37.3 Å². The van der Waals surface area contributed by atoms with Gasteiger partial charge in [-0.1, -0.05) is 12.1 Å². The van der Waals surface area contributed by atoms with E-state index in [0.717, 1.165) is 24.0 Å². The van der Waals surface area contributed by atoms with Crippen LogP contribution in [0, 0.1) is 21.4 Å². The second-order valence-corrected chi connectivity index (χ2v) is 8.36. The SMILES string of the molecule is CCOC(=O)COc1nc(Oc2cccc(C3=NCCN3C)c2)nc(Oc2cc(C#N)ccc2C(N)=O)c1[N+](=O)[O-]. The Balaban J connectivity index is 1.79. The molecule has 0 bridgehead atoms. The molecule has 41 heavy (non-hydrogen) atoms. The Morgan fingerprint density at radius 2 is 1.95 bits per heavy atom. The van der Waals surface area contributed by atoms with Crippen LogP contribution in [0.5, 0.6) is 29.3 Å². The average Bonchev–Trinajstić information content (AvgIpc) is 3.37. The molecule has 0 saturated carbocycles. The number of nitrogens with zero attached hydrogens (tertiary/aromatic N) is 6. The highest BCUT2D eigenvalue weighted by molar-refractivity contribution is 6.00. The summed E-state index contributed by atoms with van der Waals surface area (Å²) in [5, 5.41) is 21.4. The van der Waals surface area contributed by atoms with Crippen molar-refractivity contribution in [3.05, 3.63) is 69.3 Å². The van der Waals surface area contributed by atoms with E-state index in [9.17, 15) is 25.0 Å². The Morgan fingerprint density at radius 3 is 2.61 bits per heavy atom. The van der Waals surface area contributed by atoms with Crippen molar-refractivity contribution in [2.24, 2.45) is 10.7 Å². The van der Waals surface area contributed by atoms with Crippen molar-refractivity contribution >= 4 is 23.4 Å². The Hall–Kier alpha value is -5.78. The number of nitriles is 1. The highest BCUT2D eigenvalue weighted by Gasteiger charge is 2.31. The topological polar surface area (TPSA) is 205 Å². The molecule has 15 heteroatoms. The lowest BCUT2D eigenvalue weighted by atomic mass is 10.1. The maximum atomic E-state index is 12.1. The number of rotatable bonds is 11. The van der Waals surface area contributed by atoms with Gasteiger partial charge >= 0.3 is 29.4 Å². The molecule has 15 nitrogen and oxygen atoms in total. The third-order valence-electron chi connectivity index (χ3n) is 5.56. The van der Waals surface area contributed by atoms with Gasteiger partial charge in [0.05, 0.1) is 35.3 Å². The number of nitrogens with two attached hydrogens (primary N) is 1. The number of carbonyl (C=O) groups is 2. The average molecular weight is 562 g/mol. The molecule has 2 N–H and O–H groups in total. The number of likely N-dealkylation sites (N-methyl/N-ethyl adjacent to an activating group) is 1. The van der Waals surface area contributed by atoms with E-state index in [2.05, 4.69) is 15.0 Å². The van der Waals surface area contributed by atoms with Gasteiger partial charge in [0, 0.05) is 19.2 Å². The number of hydrogen-bond acceptors (Lipinski definition) is 13. The highest BCUT2D eigenvalue weighted by Crippen LogP contribution is 2.40. The second kappa shape index (κ2) is 12.4. The lowest BCUT2D eigenvalue weighted by molar-refractivity contribution is -0.387. The number of amides is 1. The first kappa shape index (κ1) is 28.2. The van der Waals surface area contributed by atoms with Gasteiger partial charge < -0.3 is 29.6 Å². The lowest BCUT2D eigenvalue weighted by Crippen LogP contribution is -2.23. The largest absolute Gasteiger partial charge is 0.463 e. The van der Waals surface area contributed by atoms with E-state index in [1.165, 1.54) is 12.1 Å². The molecule has 0 saturated heterocycles. The number of aromatic nitrogens is 2. The smallest absolute Gasteiger partial charge is 0.392 e. The van der Waals surface area contributed by atoms with Crippen molar-refractivity contribution in [2.45, 2.75) is 6.92 Å². The predicted molar refractivity (Wildman–Crippen MR) is 141 cm³/mol. The number of primary amides is 1. The molecule has 4 rings (SSSR count). The van der Waals surface area contributed by atoms with Gasteiger partial charge in [-0.2, -0.15) is 15.2 Å². The first-order chi connectivity index (χ1) is 19.7. The zero-order valence-electron chi connectivity index (χ0n) is 21.9. The Morgan fingerprint density at radius 1 is 1.17 bits per heavy atom. The molecule has 1 amide bonds. The van der Waals surface area contributed by atoms with E-state index in [1.807, 2.05) is 24.1 Å². The van der Waals surface area contributed by atoms with Crippen molar-refractivity contribution in [2.75, 3.05) is 33.4 Å². The maximum absolute atomic E-state index is 12.1. The summed E-state index contributed by atoms with van der Waals surface area (Å²) in [5.74, 6) is -2.39. The van der Waals surface area contributed by atoms with E-state index < -0.39 is 46.9 Å². The molecule has 2 aromatic carbocycles. The standard InChI is InChI=1S/C26H23N7O8/c1-3-38-20(34)14-39-24-21(33(36)37)25(41-19-11-15(13-27)7-8-18(19)22(28)35)31-26(30-24)40-17-6-4-5-16(12-17)23-29-9-10-32(23)2/h4-8,11-12H,3,9-10,14H2,1-2H3,(H2,28,35). The van der Waals surface area contributed by atoms with Crippen molar-refractivity contribution in [1.82, 2.24) is 14.9 Å². The molecule has 0 atom stereocenters.